The highest BCUT2D eigenvalue weighted by Crippen LogP contribution is 2.19. The number of hydrogen-bond acceptors (Lipinski definition) is 5. The van der Waals surface area contributed by atoms with E-state index >= 15 is 0 Å². The second-order valence-corrected chi connectivity index (χ2v) is 11.7. The Balaban J connectivity index is 1.32. The summed E-state index contributed by atoms with van der Waals surface area (Å²) in [7, 11) is 0. The van der Waals surface area contributed by atoms with Crippen molar-refractivity contribution in [2.75, 3.05) is 6.54 Å². The molecule has 242 valence electrons. The zero-order valence-electron chi connectivity index (χ0n) is 25.9. The van der Waals surface area contributed by atoms with Crippen LogP contribution in [0.3, 0.4) is 0 Å². The summed E-state index contributed by atoms with van der Waals surface area (Å²) in [6.07, 6.45) is 2.27. The molecule has 5 rings (SSSR count). The van der Waals surface area contributed by atoms with Crippen molar-refractivity contribution in [2.24, 2.45) is 5.73 Å². The molecule has 0 radical (unpaired) electrons. The minimum absolute atomic E-state index is 0.0725. The van der Waals surface area contributed by atoms with Gasteiger partial charge in [-0.1, -0.05) is 91.0 Å². The van der Waals surface area contributed by atoms with Crippen molar-refractivity contribution in [1.82, 2.24) is 20.9 Å². The monoisotopic (exact) mass is 633 g/mol. The molecule has 3 atom stereocenters. The fourth-order valence-corrected chi connectivity index (χ4v) is 5.64. The van der Waals surface area contributed by atoms with Gasteiger partial charge in [-0.25, -0.2) is 0 Å². The average molecular weight is 634 g/mol. The molecule has 0 unspecified atom stereocenters. The number of aliphatic carboxylic acids is 1. The van der Waals surface area contributed by atoms with Crippen LogP contribution in [0.25, 0.3) is 21.7 Å². The summed E-state index contributed by atoms with van der Waals surface area (Å²) in [5, 5.41) is 20.7. The van der Waals surface area contributed by atoms with Gasteiger partial charge >= 0.3 is 5.97 Å². The summed E-state index contributed by atoms with van der Waals surface area (Å²) in [4.78, 5) is 53.9. The number of para-hydroxylation sites is 1. The van der Waals surface area contributed by atoms with Crippen LogP contribution in [-0.2, 0) is 38.4 Å². The fourth-order valence-electron chi connectivity index (χ4n) is 5.64. The minimum atomic E-state index is -1.07. The lowest BCUT2D eigenvalue weighted by molar-refractivity contribution is -0.138. The second-order valence-electron chi connectivity index (χ2n) is 11.7. The van der Waals surface area contributed by atoms with Crippen LogP contribution in [0, 0.1) is 0 Å². The number of carboxylic acids is 1. The third-order valence-corrected chi connectivity index (χ3v) is 8.12. The molecule has 0 aliphatic heterocycles. The van der Waals surface area contributed by atoms with Gasteiger partial charge in [0, 0.05) is 36.5 Å². The van der Waals surface area contributed by atoms with Gasteiger partial charge in [-0.2, -0.15) is 0 Å². The first kappa shape index (κ1) is 32.9. The van der Waals surface area contributed by atoms with Crippen LogP contribution in [-0.4, -0.2) is 58.5 Å². The lowest BCUT2D eigenvalue weighted by Crippen LogP contribution is -2.56. The van der Waals surface area contributed by atoms with Gasteiger partial charge in [0.2, 0.25) is 17.7 Å². The Morgan fingerprint density at radius 1 is 0.723 bits per heavy atom. The third-order valence-electron chi connectivity index (χ3n) is 8.12. The number of carbonyl (C=O) groups is 4. The van der Waals surface area contributed by atoms with Crippen LogP contribution in [0.2, 0.25) is 0 Å². The Morgan fingerprint density at radius 2 is 1.45 bits per heavy atom. The third kappa shape index (κ3) is 9.27. The van der Waals surface area contributed by atoms with Crippen LogP contribution in [0.5, 0.6) is 0 Å². The first-order chi connectivity index (χ1) is 22.7. The van der Waals surface area contributed by atoms with Crippen molar-refractivity contribution in [2.45, 2.75) is 50.2 Å². The number of H-pyrrole nitrogens is 1. The van der Waals surface area contributed by atoms with E-state index in [1.165, 1.54) is 0 Å². The zero-order chi connectivity index (χ0) is 33.2. The predicted octanol–water partition coefficient (Wildman–Crippen LogP) is 3.63. The molecular weight excluding hydrogens is 594 g/mol. The quantitative estimate of drug-likeness (QED) is 0.103. The van der Waals surface area contributed by atoms with Crippen LogP contribution in [0.1, 0.15) is 29.5 Å². The van der Waals surface area contributed by atoms with Crippen molar-refractivity contribution >= 4 is 45.4 Å². The summed E-state index contributed by atoms with van der Waals surface area (Å²) in [6, 6.07) is 28.7. The highest BCUT2D eigenvalue weighted by Gasteiger charge is 2.27. The number of rotatable bonds is 15. The number of aromatic nitrogens is 1. The summed E-state index contributed by atoms with van der Waals surface area (Å²) in [5.41, 5.74) is 10.0. The van der Waals surface area contributed by atoms with E-state index in [0.717, 1.165) is 38.4 Å². The first-order valence-electron chi connectivity index (χ1n) is 15.7. The molecule has 0 bridgehead atoms. The van der Waals surface area contributed by atoms with Gasteiger partial charge in [-0.3, -0.25) is 19.2 Å². The van der Waals surface area contributed by atoms with Gasteiger partial charge in [0.05, 0.1) is 18.5 Å². The Labute approximate surface area is 272 Å². The van der Waals surface area contributed by atoms with E-state index in [1.54, 1.807) is 0 Å². The van der Waals surface area contributed by atoms with Crippen molar-refractivity contribution in [1.29, 1.82) is 0 Å². The summed E-state index contributed by atoms with van der Waals surface area (Å²) >= 11 is 0. The highest BCUT2D eigenvalue weighted by molar-refractivity contribution is 5.91. The number of nitrogens with two attached hydrogens (primary N) is 1. The van der Waals surface area contributed by atoms with Crippen molar-refractivity contribution in [3.8, 4) is 0 Å². The molecule has 7 N–H and O–H groups in total. The topological polar surface area (TPSA) is 166 Å². The van der Waals surface area contributed by atoms with E-state index < -0.39 is 41.8 Å². The van der Waals surface area contributed by atoms with Gasteiger partial charge < -0.3 is 31.8 Å². The van der Waals surface area contributed by atoms with E-state index in [-0.39, 0.29) is 32.2 Å². The van der Waals surface area contributed by atoms with E-state index in [0.29, 0.717) is 6.42 Å². The number of nitrogens with one attached hydrogen (secondary N) is 4. The maximum atomic E-state index is 13.9. The average Bonchev–Trinajstić information content (AvgIpc) is 3.48. The molecule has 0 spiro atoms. The van der Waals surface area contributed by atoms with Gasteiger partial charge in [-0.05, 0) is 46.4 Å². The molecule has 10 heteroatoms. The molecule has 1 aromatic heterocycles. The number of fused-ring (bicyclic) bond motifs is 2. The number of carbonyl (C=O) groups excluding carboxylic acids is 3. The maximum Gasteiger partial charge on any atom is 0.303 e. The molecule has 0 aliphatic carbocycles. The smallest absolute Gasteiger partial charge is 0.303 e. The molecule has 0 fully saturated rings. The number of amides is 3. The Bertz CT molecular complexity index is 1850. The van der Waals surface area contributed by atoms with Crippen LogP contribution < -0.4 is 21.7 Å². The summed E-state index contributed by atoms with van der Waals surface area (Å²) in [6.45, 7) is 0.0725. The highest BCUT2D eigenvalue weighted by atomic mass is 16.4. The fraction of sp³-hybridized carbons (Fsp3) is 0.243. The van der Waals surface area contributed by atoms with Gasteiger partial charge in [0.25, 0.3) is 0 Å². The van der Waals surface area contributed by atoms with E-state index in [1.807, 2.05) is 103 Å². The van der Waals surface area contributed by atoms with Crippen LogP contribution >= 0.6 is 0 Å². The Hall–Kier alpha value is -5.48. The lowest BCUT2D eigenvalue weighted by atomic mass is 10.00. The first-order valence-corrected chi connectivity index (χ1v) is 15.7. The van der Waals surface area contributed by atoms with Gasteiger partial charge in [0.1, 0.15) is 6.04 Å². The molecule has 0 saturated carbocycles. The van der Waals surface area contributed by atoms with Gasteiger partial charge in [0.15, 0.2) is 0 Å². The Morgan fingerprint density at radius 3 is 2.23 bits per heavy atom. The molecule has 47 heavy (non-hydrogen) atoms. The second kappa shape index (κ2) is 15.7. The molecule has 0 aliphatic rings. The molecular formula is C37H39N5O5. The number of carboxylic acid groups (broad SMARTS) is 1. The van der Waals surface area contributed by atoms with Crippen molar-refractivity contribution in [3.63, 3.8) is 0 Å². The van der Waals surface area contributed by atoms with E-state index in [9.17, 15) is 19.2 Å². The molecule has 1 heterocycles. The zero-order valence-corrected chi connectivity index (χ0v) is 25.9. The van der Waals surface area contributed by atoms with E-state index in [4.69, 9.17) is 10.8 Å². The van der Waals surface area contributed by atoms with Crippen LogP contribution in [0.15, 0.2) is 103 Å². The predicted molar refractivity (Wildman–Crippen MR) is 182 cm³/mol. The SMILES string of the molecule is N[C@@H](Cc1c[nH]c2ccccc12)C(=O)N[C@@H](Cc1ccccc1)C(=O)N[C@@H](CNC(=O)CCC(=O)O)Cc1ccc2ccccc2c1. The van der Waals surface area contributed by atoms with Crippen molar-refractivity contribution < 1.29 is 24.3 Å². The molecule has 10 nitrogen and oxygen atoms in total. The normalized spacial score (nSPS) is 13.0. The Kier molecular flexibility index (Phi) is 11.0. The largest absolute Gasteiger partial charge is 0.481 e. The van der Waals surface area contributed by atoms with Gasteiger partial charge in [-0.15, -0.1) is 0 Å². The number of hydrogen-bond donors (Lipinski definition) is 6. The lowest BCUT2D eigenvalue weighted by Gasteiger charge is -2.25. The molecule has 4 aromatic carbocycles. The molecule has 5 aromatic rings. The van der Waals surface area contributed by atoms with E-state index in [2.05, 4.69) is 20.9 Å². The van der Waals surface area contributed by atoms with Crippen molar-refractivity contribution in [3.05, 3.63) is 120 Å². The van der Waals surface area contributed by atoms with Crippen LogP contribution in [0.4, 0.5) is 0 Å². The molecule has 3 amide bonds. The number of aromatic amines is 1. The standard InChI is InChI=1S/C37H39N5O5/c38-31(21-28-22-39-32-13-7-6-12-30(28)32)36(46)42-33(20-24-8-2-1-3-9-24)37(47)41-29(23-40-34(43)16-17-35(44)45)19-25-14-15-26-10-4-5-11-27(26)18-25/h1-15,18,22,29,31,33,39H,16-17,19-21,23,38H2,(H,40,43)(H,41,47)(H,42,46)(H,44,45)/t29-,31+,33+/m1/s1. The summed E-state index contributed by atoms with van der Waals surface area (Å²) in [5.74, 6) is -2.38. The maximum absolute atomic E-state index is 13.9. The number of benzene rings is 4. The summed E-state index contributed by atoms with van der Waals surface area (Å²) < 4.78 is 0. The minimum Gasteiger partial charge on any atom is -0.481 e. The molecule has 0 saturated heterocycles.